The summed E-state index contributed by atoms with van der Waals surface area (Å²) in [5.74, 6) is 0.0658. The number of aromatic nitrogens is 2. The van der Waals surface area contributed by atoms with E-state index in [1.807, 2.05) is 0 Å². The summed E-state index contributed by atoms with van der Waals surface area (Å²) in [6, 6.07) is 4.63. The van der Waals surface area contributed by atoms with Crippen LogP contribution in [0.1, 0.15) is 30.6 Å². The van der Waals surface area contributed by atoms with Gasteiger partial charge >= 0.3 is 5.97 Å². The number of aliphatic hydroxyl groups excluding tert-OH is 1. The van der Waals surface area contributed by atoms with Crippen LogP contribution in [0.5, 0.6) is 0 Å². The molecule has 0 saturated heterocycles. The second kappa shape index (κ2) is 6.49. The Hall–Kier alpha value is -2.21. The summed E-state index contributed by atoms with van der Waals surface area (Å²) in [5, 5.41) is 22.4. The molecule has 0 aliphatic heterocycles. The van der Waals surface area contributed by atoms with Crippen LogP contribution in [-0.4, -0.2) is 38.8 Å². The van der Waals surface area contributed by atoms with E-state index in [0.717, 1.165) is 11.8 Å². The molecule has 0 saturated carbocycles. The minimum absolute atomic E-state index is 0.0108. The first-order valence-corrected chi connectivity index (χ1v) is 6.86. The van der Waals surface area contributed by atoms with Crippen LogP contribution in [0.4, 0.5) is 5.82 Å². The van der Waals surface area contributed by atoms with E-state index in [1.165, 1.54) is 18.5 Å². The van der Waals surface area contributed by atoms with Gasteiger partial charge in [0.25, 0.3) is 0 Å². The minimum Gasteiger partial charge on any atom is -0.478 e. The third-order valence-electron chi connectivity index (χ3n) is 3.20. The van der Waals surface area contributed by atoms with Gasteiger partial charge in [-0.15, -0.1) is 0 Å². The van der Waals surface area contributed by atoms with Crippen LogP contribution < -0.4 is 5.32 Å². The first kappa shape index (κ1) is 15.2. The van der Waals surface area contributed by atoms with E-state index in [1.54, 1.807) is 6.07 Å². The van der Waals surface area contributed by atoms with Crippen LogP contribution in [0.2, 0.25) is 0 Å². The van der Waals surface area contributed by atoms with Gasteiger partial charge in [-0.25, -0.2) is 14.8 Å². The average molecular weight is 289 g/mol. The van der Waals surface area contributed by atoms with Crippen molar-refractivity contribution in [3.05, 3.63) is 30.1 Å². The minimum atomic E-state index is -0.988. The number of nitrogens with zero attached hydrogens (tertiary/aromatic N) is 2. The van der Waals surface area contributed by atoms with Gasteiger partial charge in [-0.3, -0.25) is 0 Å². The molecule has 21 heavy (non-hydrogen) atoms. The van der Waals surface area contributed by atoms with E-state index in [2.05, 4.69) is 29.1 Å². The van der Waals surface area contributed by atoms with Crippen LogP contribution in [0.3, 0.4) is 0 Å². The van der Waals surface area contributed by atoms with E-state index in [4.69, 9.17) is 5.11 Å². The molecule has 2 aromatic rings. The van der Waals surface area contributed by atoms with Crippen molar-refractivity contribution in [2.45, 2.75) is 26.3 Å². The fraction of sp³-hybridized carbons (Fsp3) is 0.400. The topological polar surface area (TPSA) is 95.3 Å². The maximum atomic E-state index is 11.0. The van der Waals surface area contributed by atoms with Crippen LogP contribution in [0, 0.1) is 5.92 Å². The van der Waals surface area contributed by atoms with Gasteiger partial charge in [-0.2, -0.15) is 0 Å². The molecule has 0 bridgehead atoms. The van der Waals surface area contributed by atoms with Crippen molar-refractivity contribution < 1.29 is 15.0 Å². The summed E-state index contributed by atoms with van der Waals surface area (Å²) in [4.78, 5) is 19.3. The lowest BCUT2D eigenvalue weighted by molar-refractivity contribution is 0.0697. The number of carboxylic acid groups (broad SMARTS) is 1. The Morgan fingerprint density at radius 1 is 1.33 bits per heavy atom. The largest absolute Gasteiger partial charge is 0.478 e. The Morgan fingerprint density at radius 3 is 2.71 bits per heavy atom. The fourth-order valence-corrected chi connectivity index (χ4v) is 2.25. The van der Waals surface area contributed by atoms with Crippen molar-refractivity contribution in [3.8, 4) is 0 Å². The second-order valence-electron chi connectivity index (χ2n) is 5.41. The average Bonchev–Trinajstić information content (AvgIpc) is 2.45. The Balaban J connectivity index is 2.33. The van der Waals surface area contributed by atoms with Crippen molar-refractivity contribution in [1.29, 1.82) is 0 Å². The molecule has 0 fully saturated rings. The lowest BCUT2D eigenvalue weighted by Gasteiger charge is -2.19. The predicted octanol–water partition coefficient (Wildman–Crippen LogP) is 2.15. The third-order valence-corrected chi connectivity index (χ3v) is 3.20. The van der Waals surface area contributed by atoms with Crippen molar-refractivity contribution in [3.63, 3.8) is 0 Å². The highest BCUT2D eigenvalue weighted by Gasteiger charge is 2.13. The Labute approximate surface area is 122 Å². The fourth-order valence-electron chi connectivity index (χ4n) is 2.25. The molecule has 6 nitrogen and oxygen atoms in total. The number of nitrogens with one attached hydrogen (secondary N) is 1. The standard InChI is InChI=1S/C15H19N3O3/c1-9(2)5-11(7-19)18-14-12-4-3-10(15(20)21)6-13(12)16-8-17-14/h3-4,6,8-9,11,19H,5,7H2,1-2H3,(H,20,21)(H,16,17,18). The number of hydrogen-bond donors (Lipinski definition) is 3. The number of anilines is 1. The molecule has 0 amide bonds. The van der Waals surface area contributed by atoms with Crippen LogP contribution in [0.15, 0.2) is 24.5 Å². The quantitative estimate of drug-likeness (QED) is 0.754. The summed E-state index contributed by atoms with van der Waals surface area (Å²) in [6.45, 7) is 4.18. The summed E-state index contributed by atoms with van der Waals surface area (Å²) in [6.07, 6.45) is 2.20. The summed E-state index contributed by atoms with van der Waals surface area (Å²) in [7, 11) is 0. The predicted molar refractivity (Wildman–Crippen MR) is 80.4 cm³/mol. The zero-order valence-electron chi connectivity index (χ0n) is 12.1. The van der Waals surface area contributed by atoms with Crippen molar-refractivity contribution in [2.24, 2.45) is 5.92 Å². The highest BCUT2D eigenvalue weighted by atomic mass is 16.4. The van der Waals surface area contributed by atoms with E-state index < -0.39 is 5.97 Å². The Bertz CT molecular complexity index is 643. The molecule has 6 heteroatoms. The molecular weight excluding hydrogens is 270 g/mol. The maximum Gasteiger partial charge on any atom is 0.335 e. The molecule has 0 radical (unpaired) electrons. The molecule has 1 unspecified atom stereocenters. The van der Waals surface area contributed by atoms with Crippen molar-refractivity contribution >= 4 is 22.7 Å². The number of fused-ring (bicyclic) bond motifs is 1. The molecule has 112 valence electrons. The molecule has 0 spiro atoms. The molecule has 1 atom stereocenters. The smallest absolute Gasteiger partial charge is 0.335 e. The lowest BCUT2D eigenvalue weighted by Crippen LogP contribution is -2.26. The number of benzene rings is 1. The van der Waals surface area contributed by atoms with E-state index in [-0.39, 0.29) is 18.2 Å². The van der Waals surface area contributed by atoms with Crippen LogP contribution >= 0.6 is 0 Å². The van der Waals surface area contributed by atoms with E-state index in [9.17, 15) is 9.90 Å². The Morgan fingerprint density at radius 2 is 2.10 bits per heavy atom. The van der Waals surface area contributed by atoms with Gasteiger partial charge in [0.1, 0.15) is 12.1 Å². The number of aliphatic hydroxyl groups is 1. The van der Waals surface area contributed by atoms with Gasteiger partial charge in [0.15, 0.2) is 0 Å². The SMILES string of the molecule is CC(C)CC(CO)Nc1ncnc2cc(C(=O)O)ccc12. The molecular formula is C15H19N3O3. The molecule has 1 aromatic heterocycles. The first-order valence-electron chi connectivity index (χ1n) is 6.86. The summed E-state index contributed by atoms with van der Waals surface area (Å²) >= 11 is 0. The maximum absolute atomic E-state index is 11.0. The number of hydrogen-bond acceptors (Lipinski definition) is 5. The zero-order chi connectivity index (χ0) is 15.4. The van der Waals surface area contributed by atoms with Gasteiger partial charge in [-0.1, -0.05) is 13.8 Å². The number of rotatable bonds is 6. The molecule has 3 N–H and O–H groups in total. The van der Waals surface area contributed by atoms with E-state index in [0.29, 0.717) is 17.3 Å². The molecule has 0 aliphatic carbocycles. The molecule has 0 aliphatic rings. The van der Waals surface area contributed by atoms with Gasteiger partial charge in [0.2, 0.25) is 0 Å². The van der Waals surface area contributed by atoms with Gasteiger partial charge < -0.3 is 15.5 Å². The van der Waals surface area contributed by atoms with Crippen molar-refractivity contribution in [2.75, 3.05) is 11.9 Å². The summed E-state index contributed by atoms with van der Waals surface area (Å²) < 4.78 is 0. The molecule has 2 rings (SSSR count). The normalized spacial score (nSPS) is 12.6. The number of carboxylic acids is 1. The Kier molecular flexibility index (Phi) is 4.70. The molecule has 1 heterocycles. The number of carbonyl (C=O) groups is 1. The second-order valence-corrected chi connectivity index (χ2v) is 5.41. The highest BCUT2D eigenvalue weighted by molar-refractivity contribution is 5.96. The summed E-state index contributed by atoms with van der Waals surface area (Å²) in [5.41, 5.74) is 0.752. The van der Waals surface area contributed by atoms with Crippen LogP contribution in [0.25, 0.3) is 10.9 Å². The van der Waals surface area contributed by atoms with E-state index >= 15 is 0 Å². The van der Waals surface area contributed by atoms with Crippen molar-refractivity contribution in [1.82, 2.24) is 9.97 Å². The third kappa shape index (κ3) is 3.66. The monoisotopic (exact) mass is 289 g/mol. The van der Waals surface area contributed by atoms with Crippen LogP contribution in [-0.2, 0) is 0 Å². The number of aromatic carboxylic acids is 1. The van der Waals surface area contributed by atoms with Gasteiger partial charge in [-0.05, 0) is 30.5 Å². The van der Waals surface area contributed by atoms with Gasteiger partial charge in [0, 0.05) is 5.39 Å². The molecule has 1 aromatic carbocycles. The van der Waals surface area contributed by atoms with Gasteiger partial charge in [0.05, 0.1) is 23.7 Å². The lowest BCUT2D eigenvalue weighted by atomic mass is 10.0. The zero-order valence-corrected chi connectivity index (χ0v) is 12.1. The highest BCUT2D eigenvalue weighted by Crippen LogP contribution is 2.22. The first-order chi connectivity index (χ1) is 10.0.